The maximum absolute atomic E-state index is 12.5. The largest absolute Gasteiger partial charge is 0.492 e. The number of aryl methyl sites for hydroxylation is 1. The van der Waals surface area contributed by atoms with Gasteiger partial charge in [-0.1, -0.05) is 64.1 Å². The van der Waals surface area contributed by atoms with Gasteiger partial charge in [-0.25, -0.2) is 9.78 Å². The van der Waals surface area contributed by atoms with Crippen LogP contribution in [-0.2, 0) is 11.8 Å². The molecule has 1 aliphatic heterocycles. The molecule has 0 atom stereocenters. The fraction of sp³-hybridized carbons (Fsp3) is 0.316. The number of carbonyl (C=O) groups excluding carboxylic acids is 1. The number of fused-ring (bicyclic) bond motifs is 1. The molecule has 0 unspecified atom stereocenters. The molecule has 0 saturated carbocycles. The van der Waals surface area contributed by atoms with Crippen LogP contribution in [0.2, 0.25) is 0 Å². The molecule has 6 rings (SSSR count). The van der Waals surface area contributed by atoms with Crippen LogP contribution in [0, 0.1) is 0 Å². The van der Waals surface area contributed by atoms with Crippen molar-refractivity contribution in [2.45, 2.75) is 39.5 Å². The summed E-state index contributed by atoms with van der Waals surface area (Å²) in [6, 6.07) is 30.2. The average molecular weight is 617 g/mol. The maximum Gasteiger partial charge on any atom is 0.323 e. The van der Waals surface area contributed by atoms with Gasteiger partial charge in [0.05, 0.1) is 11.2 Å². The number of piperazine rings is 1. The van der Waals surface area contributed by atoms with Crippen LogP contribution in [0.1, 0.15) is 38.8 Å². The van der Waals surface area contributed by atoms with Gasteiger partial charge in [0.1, 0.15) is 23.7 Å². The number of H-pyrrole nitrogens is 1. The number of nitrogens with zero attached hydrogens (tertiary/aromatic N) is 3. The Morgan fingerprint density at radius 1 is 0.870 bits per heavy atom. The summed E-state index contributed by atoms with van der Waals surface area (Å²) in [7, 11) is 0. The Hall–Kier alpha value is -4.82. The van der Waals surface area contributed by atoms with Crippen molar-refractivity contribution in [2.24, 2.45) is 0 Å². The van der Waals surface area contributed by atoms with E-state index in [2.05, 4.69) is 95.6 Å². The van der Waals surface area contributed by atoms with Gasteiger partial charge in [0, 0.05) is 49.7 Å². The van der Waals surface area contributed by atoms with Gasteiger partial charge in [-0.15, -0.1) is 0 Å². The number of urea groups is 1. The van der Waals surface area contributed by atoms with E-state index >= 15 is 0 Å². The van der Waals surface area contributed by atoms with Crippen LogP contribution in [0.4, 0.5) is 21.9 Å². The predicted octanol–water partition coefficient (Wildman–Crippen LogP) is 7.93. The highest BCUT2D eigenvalue weighted by molar-refractivity contribution is 5.99. The number of aromatic amines is 1. The van der Waals surface area contributed by atoms with E-state index in [-0.39, 0.29) is 11.4 Å². The summed E-state index contributed by atoms with van der Waals surface area (Å²) in [6.45, 7) is 14.0. The molecule has 2 heterocycles. The molecular formula is C38H44N6O2. The zero-order valence-corrected chi connectivity index (χ0v) is 27.3. The zero-order chi connectivity index (χ0) is 32.1. The highest BCUT2D eigenvalue weighted by Gasteiger charge is 2.20. The van der Waals surface area contributed by atoms with E-state index in [1.807, 2.05) is 48.5 Å². The van der Waals surface area contributed by atoms with Crippen molar-refractivity contribution in [3.05, 3.63) is 102 Å². The number of aromatic nitrogens is 2. The summed E-state index contributed by atoms with van der Waals surface area (Å²) in [4.78, 5) is 25.9. The van der Waals surface area contributed by atoms with Gasteiger partial charge in [0.15, 0.2) is 0 Å². The van der Waals surface area contributed by atoms with Gasteiger partial charge in [0.25, 0.3) is 0 Å². The van der Waals surface area contributed by atoms with Crippen LogP contribution in [-0.4, -0.2) is 60.2 Å². The molecule has 0 bridgehead atoms. The van der Waals surface area contributed by atoms with Crippen LogP contribution >= 0.6 is 0 Å². The first-order chi connectivity index (χ1) is 22.2. The molecule has 1 aromatic heterocycles. The first-order valence-corrected chi connectivity index (χ1v) is 16.2. The van der Waals surface area contributed by atoms with Crippen LogP contribution in [0.15, 0.2) is 91.0 Å². The molecule has 238 valence electrons. The third-order valence-electron chi connectivity index (χ3n) is 8.61. The number of para-hydroxylation sites is 1. The molecular weight excluding hydrogens is 572 g/mol. The molecule has 4 aromatic carbocycles. The maximum atomic E-state index is 12.5. The van der Waals surface area contributed by atoms with Crippen LogP contribution < -0.4 is 20.3 Å². The third kappa shape index (κ3) is 7.51. The normalized spacial score (nSPS) is 14.0. The molecule has 0 radical (unpaired) electrons. The standard InChI is InChI=1S/C38H44N6O2/c1-5-27-8-6-9-28(26-27)36-41-33-10-7-11-34(35(33)42-36)44-22-20-43(21-23-44)24-25-46-32-18-16-31(17-19-32)40-37(45)39-30-14-12-29(13-15-30)38(2,3)4/h6-19,26H,5,20-25H2,1-4H3,(H,41,42)(H2,39,40,45). The number of nitrogens with one attached hydrogen (secondary N) is 3. The van der Waals surface area contributed by atoms with Gasteiger partial charge < -0.3 is 25.3 Å². The number of anilines is 3. The fourth-order valence-corrected chi connectivity index (χ4v) is 5.83. The Morgan fingerprint density at radius 2 is 1.54 bits per heavy atom. The van der Waals surface area contributed by atoms with E-state index in [1.165, 1.54) is 16.8 Å². The third-order valence-corrected chi connectivity index (χ3v) is 8.61. The van der Waals surface area contributed by atoms with Crippen molar-refractivity contribution >= 4 is 34.1 Å². The molecule has 1 saturated heterocycles. The molecule has 3 N–H and O–H groups in total. The number of amides is 2. The van der Waals surface area contributed by atoms with E-state index in [4.69, 9.17) is 9.72 Å². The monoisotopic (exact) mass is 616 g/mol. The van der Waals surface area contributed by atoms with Gasteiger partial charge >= 0.3 is 6.03 Å². The first kappa shape index (κ1) is 31.2. The van der Waals surface area contributed by atoms with E-state index in [9.17, 15) is 4.79 Å². The van der Waals surface area contributed by atoms with E-state index in [1.54, 1.807) is 0 Å². The Kier molecular flexibility index (Phi) is 9.26. The first-order valence-electron chi connectivity index (χ1n) is 16.2. The Balaban J connectivity index is 0.956. The van der Waals surface area contributed by atoms with Crippen LogP contribution in [0.25, 0.3) is 22.4 Å². The molecule has 1 aliphatic rings. The summed E-state index contributed by atoms with van der Waals surface area (Å²) in [5, 5.41) is 5.78. The molecule has 1 fully saturated rings. The highest BCUT2D eigenvalue weighted by Crippen LogP contribution is 2.30. The second kappa shape index (κ2) is 13.7. The Labute approximate surface area is 271 Å². The van der Waals surface area contributed by atoms with Crippen molar-refractivity contribution in [1.29, 1.82) is 0 Å². The molecule has 0 spiro atoms. The lowest BCUT2D eigenvalue weighted by molar-refractivity contribution is 0.200. The molecule has 46 heavy (non-hydrogen) atoms. The minimum Gasteiger partial charge on any atom is -0.492 e. The lowest BCUT2D eigenvalue weighted by Crippen LogP contribution is -2.47. The number of ether oxygens (including phenoxy) is 1. The van der Waals surface area contributed by atoms with Gasteiger partial charge in [-0.3, -0.25) is 4.90 Å². The highest BCUT2D eigenvalue weighted by atomic mass is 16.5. The molecule has 8 nitrogen and oxygen atoms in total. The summed E-state index contributed by atoms with van der Waals surface area (Å²) in [5.41, 5.74) is 8.48. The Morgan fingerprint density at radius 3 is 2.22 bits per heavy atom. The second-order valence-electron chi connectivity index (χ2n) is 12.9. The SMILES string of the molecule is CCc1cccc(-c2nc3c(N4CCN(CCOc5ccc(NC(=O)Nc6ccc(C(C)(C)C)cc6)cc5)CC4)cccc3[nH]2)c1. The smallest absolute Gasteiger partial charge is 0.323 e. The lowest BCUT2D eigenvalue weighted by Gasteiger charge is -2.36. The van der Waals surface area contributed by atoms with E-state index < -0.39 is 0 Å². The van der Waals surface area contributed by atoms with Crippen molar-refractivity contribution in [3.63, 3.8) is 0 Å². The van der Waals surface area contributed by atoms with E-state index in [0.29, 0.717) is 12.3 Å². The summed E-state index contributed by atoms with van der Waals surface area (Å²) in [5.74, 6) is 1.70. The number of benzene rings is 4. The number of rotatable bonds is 9. The minimum atomic E-state index is -0.276. The number of hydrogen-bond acceptors (Lipinski definition) is 5. The number of carbonyl (C=O) groups is 1. The quantitative estimate of drug-likeness (QED) is 0.157. The molecule has 2 amide bonds. The van der Waals surface area contributed by atoms with Crippen molar-refractivity contribution in [1.82, 2.24) is 14.9 Å². The number of hydrogen-bond donors (Lipinski definition) is 3. The lowest BCUT2D eigenvalue weighted by atomic mass is 9.87. The number of imidazole rings is 1. The molecule has 5 aromatic rings. The topological polar surface area (TPSA) is 85.5 Å². The molecule has 0 aliphatic carbocycles. The van der Waals surface area contributed by atoms with Gasteiger partial charge in [-0.2, -0.15) is 0 Å². The van der Waals surface area contributed by atoms with Gasteiger partial charge in [0.2, 0.25) is 0 Å². The zero-order valence-electron chi connectivity index (χ0n) is 27.3. The van der Waals surface area contributed by atoms with Crippen molar-refractivity contribution in [3.8, 4) is 17.1 Å². The molecule has 8 heteroatoms. The minimum absolute atomic E-state index is 0.0728. The fourth-order valence-electron chi connectivity index (χ4n) is 5.83. The van der Waals surface area contributed by atoms with Crippen molar-refractivity contribution in [2.75, 3.05) is 54.9 Å². The Bertz CT molecular complexity index is 1760. The average Bonchev–Trinajstić information content (AvgIpc) is 3.51. The van der Waals surface area contributed by atoms with Crippen LogP contribution in [0.5, 0.6) is 5.75 Å². The summed E-state index contributed by atoms with van der Waals surface area (Å²) < 4.78 is 6.04. The summed E-state index contributed by atoms with van der Waals surface area (Å²) in [6.07, 6.45) is 1.01. The summed E-state index contributed by atoms with van der Waals surface area (Å²) >= 11 is 0. The van der Waals surface area contributed by atoms with E-state index in [0.717, 1.165) is 73.0 Å². The van der Waals surface area contributed by atoms with Crippen molar-refractivity contribution < 1.29 is 9.53 Å². The van der Waals surface area contributed by atoms with Gasteiger partial charge in [-0.05, 0) is 77.6 Å². The predicted molar refractivity (Wildman–Crippen MR) is 189 cm³/mol. The second-order valence-corrected chi connectivity index (χ2v) is 12.9. The van der Waals surface area contributed by atoms with Crippen LogP contribution in [0.3, 0.4) is 0 Å².